The number of aromatic nitrogens is 1. The fourth-order valence-corrected chi connectivity index (χ4v) is 4.52. The zero-order valence-electron chi connectivity index (χ0n) is 21.5. The molecule has 2 aliphatic rings. The van der Waals surface area contributed by atoms with Gasteiger partial charge in [0.25, 0.3) is 5.91 Å². The van der Waals surface area contributed by atoms with E-state index in [2.05, 4.69) is 25.8 Å². The van der Waals surface area contributed by atoms with Crippen LogP contribution in [-0.4, -0.2) is 70.5 Å². The highest BCUT2D eigenvalue weighted by atomic mass is 19.1. The highest BCUT2D eigenvalue weighted by Crippen LogP contribution is 2.19. The summed E-state index contributed by atoms with van der Waals surface area (Å²) in [6.45, 7) is 5.89. The maximum Gasteiger partial charge on any atom is 0.274 e. The summed E-state index contributed by atoms with van der Waals surface area (Å²) in [5.41, 5.74) is 0.417. The van der Waals surface area contributed by atoms with E-state index in [9.17, 15) is 23.2 Å². The van der Waals surface area contributed by atoms with Crippen LogP contribution in [-0.2, 0) is 9.59 Å². The number of hydrogen-bond acceptors (Lipinski definition) is 7. The molecule has 2 aliphatic heterocycles. The van der Waals surface area contributed by atoms with Crippen molar-refractivity contribution in [3.05, 3.63) is 52.9 Å². The molecule has 0 spiro atoms. The van der Waals surface area contributed by atoms with Gasteiger partial charge in [0, 0.05) is 30.3 Å². The maximum atomic E-state index is 14.2. The van der Waals surface area contributed by atoms with E-state index in [1.165, 1.54) is 12.1 Å². The van der Waals surface area contributed by atoms with Crippen molar-refractivity contribution in [2.75, 3.05) is 13.1 Å². The summed E-state index contributed by atoms with van der Waals surface area (Å²) in [4.78, 5) is 49.5. The Bertz CT molecular complexity index is 1290. The minimum absolute atomic E-state index is 0.0112. The van der Waals surface area contributed by atoms with Gasteiger partial charge in [-0.2, -0.15) is 0 Å². The van der Waals surface area contributed by atoms with E-state index in [4.69, 9.17) is 4.52 Å². The SMILES string of the molecule is Cc1cc(C(=O)N[C@@H](CC(=O)N2CCCC[C@@H]2C)C(=O)N[C@@H](C)C2=NCC(c3ccc(F)cc3F)=N2)no1. The van der Waals surface area contributed by atoms with Gasteiger partial charge >= 0.3 is 0 Å². The smallest absolute Gasteiger partial charge is 0.274 e. The van der Waals surface area contributed by atoms with E-state index in [1.807, 2.05) is 6.92 Å². The summed E-state index contributed by atoms with van der Waals surface area (Å²) in [6.07, 6.45) is 2.54. The van der Waals surface area contributed by atoms with E-state index in [-0.39, 0.29) is 42.0 Å². The number of likely N-dealkylation sites (tertiary alicyclic amines) is 1. The third kappa shape index (κ3) is 6.29. The van der Waals surface area contributed by atoms with E-state index in [1.54, 1.807) is 18.7 Å². The van der Waals surface area contributed by atoms with Crippen LogP contribution < -0.4 is 10.6 Å². The van der Waals surface area contributed by atoms with Crippen LogP contribution in [0.5, 0.6) is 0 Å². The quantitative estimate of drug-likeness (QED) is 0.544. The van der Waals surface area contributed by atoms with Crippen molar-refractivity contribution in [1.82, 2.24) is 20.7 Å². The minimum atomic E-state index is -1.19. The molecule has 3 atom stereocenters. The Labute approximate surface area is 218 Å². The van der Waals surface area contributed by atoms with Gasteiger partial charge in [0.15, 0.2) is 5.69 Å². The fourth-order valence-electron chi connectivity index (χ4n) is 4.52. The van der Waals surface area contributed by atoms with Crippen molar-refractivity contribution < 1.29 is 27.7 Å². The second-order valence-electron chi connectivity index (χ2n) is 9.57. The van der Waals surface area contributed by atoms with Gasteiger partial charge in [-0.3, -0.25) is 19.4 Å². The van der Waals surface area contributed by atoms with E-state index in [0.717, 1.165) is 31.4 Å². The zero-order chi connectivity index (χ0) is 27.4. The molecule has 1 aromatic heterocycles. The Balaban J connectivity index is 1.47. The molecule has 202 valence electrons. The standard InChI is InChI=1S/C26H30F2N6O4/c1-14-6-4-5-9-34(14)23(35)12-20(32-26(37)21-10-15(2)38-33-21)25(36)30-16(3)24-29-13-22(31-24)18-8-7-17(27)11-19(18)28/h7-8,10-11,14,16,20H,4-6,9,12-13H2,1-3H3,(H,30,36)(H,32,37)/t14-,16-,20-/m0/s1. The molecule has 2 N–H and O–H groups in total. The van der Waals surface area contributed by atoms with Crippen LogP contribution in [0.25, 0.3) is 0 Å². The third-order valence-electron chi connectivity index (χ3n) is 6.61. The first-order valence-electron chi connectivity index (χ1n) is 12.5. The second kappa shape index (κ2) is 11.6. The molecule has 12 heteroatoms. The molecule has 0 radical (unpaired) electrons. The summed E-state index contributed by atoms with van der Waals surface area (Å²) in [5, 5.41) is 9.01. The Morgan fingerprint density at radius 1 is 1.18 bits per heavy atom. The minimum Gasteiger partial charge on any atom is -0.361 e. The number of halogens is 2. The Morgan fingerprint density at radius 3 is 2.66 bits per heavy atom. The largest absolute Gasteiger partial charge is 0.361 e. The first-order chi connectivity index (χ1) is 18.1. The molecule has 10 nitrogen and oxygen atoms in total. The lowest BCUT2D eigenvalue weighted by atomic mass is 10.0. The number of aryl methyl sites for hydroxylation is 1. The normalized spacial score (nSPS) is 18.9. The van der Waals surface area contributed by atoms with Crippen molar-refractivity contribution in [2.45, 2.75) is 64.6 Å². The summed E-state index contributed by atoms with van der Waals surface area (Å²) in [7, 11) is 0. The zero-order valence-corrected chi connectivity index (χ0v) is 21.5. The van der Waals surface area contributed by atoms with Crippen LogP contribution in [0.2, 0.25) is 0 Å². The van der Waals surface area contributed by atoms with Crippen molar-refractivity contribution >= 4 is 29.3 Å². The molecule has 0 bridgehead atoms. The molecule has 1 fully saturated rings. The number of nitrogens with one attached hydrogen (secondary N) is 2. The molecule has 2 aromatic rings. The summed E-state index contributed by atoms with van der Waals surface area (Å²) >= 11 is 0. The average Bonchev–Trinajstić information content (AvgIpc) is 3.53. The monoisotopic (exact) mass is 528 g/mol. The molecular weight excluding hydrogens is 498 g/mol. The van der Waals surface area contributed by atoms with Gasteiger partial charge in [0.05, 0.1) is 24.7 Å². The summed E-state index contributed by atoms with van der Waals surface area (Å²) in [5.74, 6) is -2.30. The molecule has 0 unspecified atom stereocenters. The van der Waals surface area contributed by atoms with Gasteiger partial charge in [-0.15, -0.1) is 0 Å². The molecule has 1 aromatic carbocycles. The number of carbonyl (C=O) groups is 3. The topological polar surface area (TPSA) is 129 Å². The van der Waals surface area contributed by atoms with Crippen molar-refractivity contribution in [2.24, 2.45) is 9.98 Å². The molecule has 3 amide bonds. The van der Waals surface area contributed by atoms with Crippen molar-refractivity contribution in [3.63, 3.8) is 0 Å². The van der Waals surface area contributed by atoms with Gasteiger partial charge in [-0.25, -0.2) is 13.8 Å². The Morgan fingerprint density at radius 2 is 1.97 bits per heavy atom. The predicted octanol–water partition coefficient (Wildman–Crippen LogP) is 2.56. The number of nitrogens with zero attached hydrogens (tertiary/aromatic N) is 4. The van der Waals surface area contributed by atoms with Crippen molar-refractivity contribution in [1.29, 1.82) is 0 Å². The maximum absolute atomic E-state index is 14.2. The highest BCUT2D eigenvalue weighted by molar-refractivity contribution is 6.14. The van der Waals surface area contributed by atoms with Gasteiger partial charge in [0.1, 0.15) is 29.3 Å². The Hall–Kier alpha value is -3.96. The number of hydrogen-bond donors (Lipinski definition) is 2. The molecule has 3 heterocycles. The Kier molecular flexibility index (Phi) is 8.28. The van der Waals surface area contributed by atoms with Gasteiger partial charge < -0.3 is 20.1 Å². The van der Waals surface area contributed by atoms with Crippen LogP contribution in [0.3, 0.4) is 0 Å². The summed E-state index contributed by atoms with van der Waals surface area (Å²) in [6, 6.07) is 2.76. The number of carbonyl (C=O) groups excluding carboxylic acids is 3. The molecule has 0 saturated carbocycles. The molecule has 1 saturated heterocycles. The number of benzene rings is 1. The highest BCUT2D eigenvalue weighted by Gasteiger charge is 2.32. The van der Waals surface area contributed by atoms with E-state index in [0.29, 0.717) is 18.0 Å². The molecular formula is C26H30F2N6O4. The van der Waals surface area contributed by atoms with Crippen LogP contribution >= 0.6 is 0 Å². The molecule has 4 rings (SSSR count). The van der Waals surface area contributed by atoms with Crippen LogP contribution in [0.4, 0.5) is 8.78 Å². The number of amidine groups is 1. The predicted molar refractivity (Wildman–Crippen MR) is 135 cm³/mol. The number of rotatable bonds is 8. The third-order valence-corrected chi connectivity index (χ3v) is 6.61. The lowest BCUT2D eigenvalue weighted by Gasteiger charge is -2.34. The number of piperidine rings is 1. The van der Waals surface area contributed by atoms with Gasteiger partial charge in [-0.1, -0.05) is 5.16 Å². The van der Waals surface area contributed by atoms with Crippen LogP contribution in [0.1, 0.15) is 61.3 Å². The van der Waals surface area contributed by atoms with Crippen LogP contribution in [0, 0.1) is 18.6 Å². The van der Waals surface area contributed by atoms with Gasteiger partial charge in [-0.05, 0) is 52.2 Å². The van der Waals surface area contributed by atoms with Crippen LogP contribution in [0.15, 0.2) is 38.8 Å². The lowest BCUT2D eigenvalue weighted by molar-refractivity contribution is -0.137. The molecule has 38 heavy (non-hydrogen) atoms. The summed E-state index contributed by atoms with van der Waals surface area (Å²) < 4.78 is 32.4. The first kappa shape index (κ1) is 27.1. The lowest BCUT2D eigenvalue weighted by Crippen LogP contribution is -2.53. The fraction of sp³-hybridized carbons (Fsp3) is 0.462. The first-order valence-corrected chi connectivity index (χ1v) is 12.5. The molecule has 0 aliphatic carbocycles. The van der Waals surface area contributed by atoms with Crippen molar-refractivity contribution in [3.8, 4) is 0 Å². The average molecular weight is 529 g/mol. The number of aliphatic imine (C=N–C) groups is 2. The van der Waals surface area contributed by atoms with Gasteiger partial charge in [0.2, 0.25) is 11.8 Å². The number of amides is 3. The van der Waals surface area contributed by atoms with E-state index >= 15 is 0 Å². The second-order valence-corrected chi connectivity index (χ2v) is 9.57. The van der Waals surface area contributed by atoms with E-state index < -0.39 is 35.5 Å².